The van der Waals surface area contributed by atoms with Crippen LogP contribution < -0.4 is 15.4 Å². The number of benzene rings is 3. The summed E-state index contributed by atoms with van der Waals surface area (Å²) in [5, 5.41) is 6.99. The molecule has 15 heteroatoms. The second-order valence-corrected chi connectivity index (χ2v) is 13.7. The molecule has 55 heavy (non-hydrogen) atoms. The summed E-state index contributed by atoms with van der Waals surface area (Å²) in [6.07, 6.45) is 1.91. The highest BCUT2D eigenvalue weighted by Crippen LogP contribution is 2.42. The van der Waals surface area contributed by atoms with Crippen LogP contribution in [0.2, 0.25) is 0 Å². The Morgan fingerprint density at radius 2 is 1.73 bits per heavy atom. The predicted molar refractivity (Wildman–Crippen MR) is 207 cm³/mol. The summed E-state index contributed by atoms with van der Waals surface area (Å²) in [6, 6.07) is 13.2. The molecule has 0 fully saturated rings. The zero-order valence-corrected chi connectivity index (χ0v) is 32.2. The molecular formula is C40H48N8O7. The van der Waals surface area contributed by atoms with E-state index in [4.69, 9.17) is 9.72 Å². The van der Waals surface area contributed by atoms with Gasteiger partial charge in [0, 0.05) is 23.5 Å². The van der Waals surface area contributed by atoms with Gasteiger partial charge >= 0.3 is 12.2 Å². The maximum absolute atomic E-state index is 13.4. The van der Waals surface area contributed by atoms with Crippen LogP contribution in [-0.4, -0.2) is 93.1 Å². The van der Waals surface area contributed by atoms with Gasteiger partial charge in [-0.1, -0.05) is 32.0 Å². The SMILES string of the molecule is CCCN(C(=O)[C@H](C)NC(=O)OC)C(C)c1nc2ccc3cc4c(cc3c2[nH]1)OCc1cc(-c2cnc(CN(C(=O)CNC(=O)OC)[C@@H](C)CC)[nH]2)ccc1-4. The van der Waals surface area contributed by atoms with E-state index >= 15 is 0 Å². The number of hydrogen-bond acceptors (Lipinski definition) is 9. The van der Waals surface area contributed by atoms with Gasteiger partial charge in [0.25, 0.3) is 0 Å². The third kappa shape index (κ3) is 8.05. The number of fused-ring (bicyclic) bond motifs is 6. The van der Waals surface area contributed by atoms with E-state index < -0.39 is 18.2 Å². The number of carbonyl (C=O) groups excluding carboxylic acids is 4. The summed E-state index contributed by atoms with van der Waals surface area (Å²) in [5.74, 6) is 1.57. The first kappa shape index (κ1) is 38.6. The fourth-order valence-electron chi connectivity index (χ4n) is 6.89. The lowest BCUT2D eigenvalue weighted by Crippen LogP contribution is -2.48. The Morgan fingerprint density at radius 1 is 0.945 bits per heavy atom. The number of alkyl carbamates (subject to hydrolysis) is 2. The van der Waals surface area contributed by atoms with Crippen LogP contribution in [-0.2, 0) is 32.2 Å². The van der Waals surface area contributed by atoms with Crippen molar-refractivity contribution in [1.29, 1.82) is 0 Å². The molecule has 1 aliphatic rings. The van der Waals surface area contributed by atoms with Crippen molar-refractivity contribution in [3.63, 3.8) is 0 Å². The second-order valence-electron chi connectivity index (χ2n) is 13.7. The highest BCUT2D eigenvalue weighted by atomic mass is 16.5. The highest BCUT2D eigenvalue weighted by molar-refractivity contribution is 6.07. The van der Waals surface area contributed by atoms with E-state index in [1.165, 1.54) is 14.2 Å². The molecule has 1 aliphatic heterocycles. The number of methoxy groups -OCH3 is 2. The molecule has 0 spiro atoms. The fourth-order valence-corrected chi connectivity index (χ4v) is 6.89. The van der Waals surface area contributed by atoms with Crippen molar-refractivity contribution < 1.29 is 33.4 Å². The minimum atomic E-state index is -0.766. The molecule has 3 atom stereocenters. The van der Waals surface area contributed by atoms with Crippen LogP contribution in [0.4, 0.5) is 9.59 Å². The van der Waals surface area contributed by atoms with E-state index in [9.17, 15) is 19.2 Å². The van der Waals surface area contributed by atoms with Gasteiger partial charge in [0.2, 0.25) is 11.8 Å². The quantitative estimate of drug-likeness (QED) is 0.109. The first-order valence-electron chi connectivity index (χ1n) is 18.5. The van der Waals surface area contributed by atoms with E-state index in [0.29, 0.717) is 24.8 Å². The first-order chi connectivity index (χ1) is 26.5. The predicted octanol–water partition coefficient (Wildman–Crippen LogP) is 6.19. The zero-order valence-electron chi connectivity index (χ0n) is 32.2. The number of aromatic nitrogens is 4. The zero-order chi connectivity index (χ0) is 39.4. The van der Waals surface area contributed by atoms with E-state index in [2.05, 4.69) is 53.3 Å². The van der Waals surface area contributed by atoms with Gasteiger partial charge in [-0.05, 0) is 80.0 Å². The van der Waals surface area contributed by atoms with Crippen molar-refractivity contribution in [3.8, 4) is 28.1 Å². The topological polar surface area (TPSA) is 184 Å². The van der Waals surface area contributed by atoms with Crippen LogP contribution in [0.5, 0.6) is 5.75 Å². The molecule has 0 saturated carbocycles. The smallest absolute Gasteiger partial charge is 0.407 e. The fraction of sp³-hybridized carbons (Fsp3) is 0.400. The van der Waals surface area contributed by atoms with E-state index in [0.717, 1.165) is 68.3 Å². The summed E-state index contributed by atoms with van der Waals surface area (Å²) in [4.78, 5) is 69.4. The molecule has 0 radical (unpaired) electrons. The van der Waals surface area contributed by atoms with Gasteiger partial charge in [-0.2, -0.15) is 0 Å². The summed E-state index contributed by atoms with van der Waals surface area (Å²) < 4.78 is 15.6. The molecule has 5 aromatic rings. The maximum atomic E-state index is 13.4. The van der Waals surface area contributed by atoms with Crippen LogP contribution in [0.3, 0.4) is 0 Å². The van der Waals surface area contributed by atoms with Crippen molar-refractivity contribution in [1.82, 2.24) is 40.4 Å². The number of carbonyl (C=O) groups is 4. The molecule has 0 bridgehead atoms. The minimum Gasteiger partial charge on any atom is -0.488 e. The molecule has 4 N–H and O–H groups in total. The van der Waals surface area contributed by atoms with Gasteiger partial charge in [0.15, 0.2) is 0 Å². The van der Waals surface area contributed by atoms with Crippen molar-refractivity contribution in [2.24, 2.45) is 0 Å². The molecule has 3 aromatic carbocycles. The molecule has 3 heterocycles. The molecule has 6 rings (SSSR count). The highest BCUT2D eigenvalue weighted by Gasteiger charge is 2.29. The Morgan fingerprint density at radius 3 is 2.45 bits per heavy atom. The number of hydrogen-bond donors (Lipinski definition) is 4. The van der Waals surface area contributed by atoms with Crippen molar-refractivity contribution in [2.45, 2.75) is 78.7 Å². The van der Waals surface area contributed by atoms with Crippen LogP contribution >= 0.6 is 0 Å². The summed E-state index contributed by atoms with van der Waals surface area (Å²) in [5.41, 5.74) is 6.44. The van der Waals surface area contributed by atoms with Gasteiger partial charge in [-0.15, -0.1) is 0 Å². The standard InChI is InChI=1S/C40H48N8O7/c1-8-14-47(38(50)23(4)43-40(52)54-7)24(5)37-45-31-13-11-25-16-30-28-12-10-26(15-27(28)21-55-33(30)17-29(25)36(31)46-37)32-18-41-34(44-32)20-48(22(3)9-2)35(49)19-42-39(51)53-6/h10-13,15-18,22-24H,8-9,14,19-21H2,1-7H3,(H,41,44)(H,42,51)(H,43,52)(H,45,46)/t22-,23-,24?/m0/s1. The lowest BCUT2D eigenvalue weighted by Gasteiger charge is -2.30. The van der Waals surface area contributed by atoms with Gasteiger partial charge in [0.05, 0.1) is 49.7 Å². The Bertz CT molecular complexity index is 2230. The minimum absolute atomic E-state index is 0.0635. The Kier molecular flexibility index (Phi) is 11.6. The lowest BCUT2D eigenvalue weighted by atomic mass is 9.92. The molecular weight excluding hydrogens is 704 g/mol. The van der Waals surface area contributed by atoms with Crippen LogP contribution in [0.25, 0.3) is 44.2 Å². The summed E-state index contributed by atoms with van der Waals surface area (Å²) in [6.45, 7) is 10.5. The number of nitrogens with one attached hydrogen (secondary N) is 4. The number of rotatable bonds is 13. The molecule has 2 aromatic heterocycles. The normalized spacial score (nSPS) is 13.5. The number of amides is 4. The van der Waals surface area contributed by atoms with Gasteiger partial charge in [-0.25, -0.2) is 19.6 Å². The average Bonchev–Trinajstić information content (AvgIpc) is 3.87. The monoisotopic (exact) mass is 752 g/mol. The molecule has 1 unspecified atom stereocenters. The lowest BCUT2D eigenvalue weighted by molar-refractivity contribution is -0.135. The maximum Gasteiger partial charge on any atom is 0.407 e. The largest absolute Gasteiger partial charge is 0.488 e. The number of ether oxygens (including phenoxy) is 3. The first-order valence-corrected chi connectivity index (χ1v) is 18.5. The van der Waals surface area contributed by atoms with Crippen molar-refractivity contribution in [3.05, 3.63) is 65.9 Å². The van der Waals surface area contributed by atoms with Crippen LogP contribution in [0.15, 0.2) is 48.7 Å². The summed E-state index contributed by atoms with van der Waals surface area (Å²) >= 11 is 0. The molecule has 15 nitrogen and oxygen atoms in total. The molecule has 290 valence electrons. The van der Waals surface area contributed by atoms with Crippen LogP contribution in [0, 0.1) is 0 Å². The van der Waals surface area contributed by atoms with E-state index in [-0.39, 0.29) is 37.0 Å². The van der Waals surface area contributed by atoms with Crippen molar-refractivity contribution >= 4 is 45.8 Å². The Labute approximate surface area is 319 Å². The van der Waals surface area contributed by atoms with E-state index in [1.807, 2.05) is 52.0 Å². The van der Waals surface area contributed by atoms with E-state index in [1.54, 1.807) is 22.9 Å². The second kappa shape index (κ2) is 16.5. The number of aromatic amines is 2. The summed E-state index contributed by atoms with van der Waals surface area (Å²) in [7, 11) is 2.52. The number of imidazole rings is 2. The van der Waals surface area contributed by atoms with Crippen molar-refractivity contribution in [2.75, 3.05) is 27.3 Å². The number of H-pyrrole nitrogens is 2. The average molecular weight is 753 g/mol. The van der Waals surface area contributed by atoms with Crippen LogP contribution in [0.1, 0.15) is 70.7 Å². The van der Waals surface area contributed by atoms with Gasteiger partial charge in [0.1, 0.15) is 36.6 Å². The Hall–Kier alpha value is -6.12. The molecule has 0 aliphatic carbocycles. The third-order valence-electron chi connectivity index (χ3n) is 10.1. The van der Waals surface area contributed by atoms with Gasteiger partial charge < -0.3 is 44.6 Å². The molecule has 0 saturated heterocycles. The number of nitrogens with zero attached hydrogens (tertiary/aromatic N) is 4. The third-order valence-corrected chi connectivity index (χ3v) is 10.1. The van der Waals surface area contributed by atoms with Gasteiger partial charge in [-0.3, -0.25) is 9.59 Å². The Balaban J connectivity index is 1.23. The molecule has 4 amide bonds.